The van der Waals surface area contributed by atoms with Crippen molar-refractivity contribution < 1.29 is 0 Å². The molecule has 0 aromatic rings. The fourth-order valence-electron chi connectivity index (χ4n) is 0.561. The van der Waals surface area contributed by atoms with Crippen molar-refractivity contribution in [3.05, 3.63) is 0 Å². The molecule has 0 aromatic carbocycles. The smallest absolute Gasteiger partial charge is 0.0226 e. The van der Waals surface area contributed by atoms with Crippen LogP contribution in [0.2, 0.25) is 0 Å². The number of alkyl halides is 1. The minimum atomic E-state index is 0.866. The van der Waals surface area contributed by atoms with Crippen molar-refractivity contribution in [3.63, 3.8) is 0 Å². The molecule has 0 nitrogen and oxygen atoms in total. The van der Waals surface area contributed by atoms with Gasteiger partial charge >= 0.3 is 0 Å². The van der Waals surface area contributed by atoms with E-state index in [1.165, 1.54) is 19.3 Å². The molecular weight excluding hydrogens is 95.5 g/mol. The van der Waals surface area contributed by atoms with Crippen molar-refractivity contribution in [2.45, 2.75) is 19.3 Å². The summed E-state index contributed by atoms with van der Waals surface area (Å²) in [6.45, 7) is 0. The largest absolute Gasteiger partial charge is 0.127 e. The lowest BCUT2D eigenvalue weighted by atomic mass is 10.3. The molecule has 0 saturated heterocycles. The Balaban J connectivity index is 1.88. The Morgan fingerprint density at radius 3 is 2.33 bits per heavy atom. The number of hydrogen-bond donors (Lipinski definition) is 0. The second kappa shape index (κ2) is 1.83. The second-order valence-corrected chi connectivity index (χ2v) is 2.30. The van der Waals surface area contributed by atoms with Crippen LogP contribution < -0.4 is 0 Å². The Bertz CT molecular complexity index is 39.2. The lowest BCUT2D eigenvalue weighted by Gasteiger charge is -1.81. The second-order valence-electron chi connectivity index (χ2n) is 1.92. The first-order valence-electron chi connectivity index (χ1n) is 2.49. The van der Waals surface area contributed by atoms with Gasteiger partial charge in [-0.2, -0.15) is 0 Å². The molecule has 6 heavy (non-hydrogen) atoms. The van der Waals surface area contributed by atoms with E-state index >= 15 is 0 Å². The van der Waals surface area contributed by atoms with Crippen LogP contribution in [0.4, 0.5) is 0 Å². The Morgan fingerprint density at radius 1 is 1.50 bits per heavy atom. The molecule has 1 aliphatic rings. The van der Waals surface area contributed by atoms with E-state index in [0.29, 0.717) is 0 Å². The topological polar surface area (TPSA) is 0 Å². The zero-order valence-corrected chi connectivity index (χ0v) is 4.54. The van der Waals surface area contributed by atoms with Crippen LogP contribution in [0.5, 0.6) is 0 Å². The van der Waals surface area contributed by atoms with Gasteiger partial charge in [-0.25, -0.2) is 0 Å². The van der Waals surface area contributed by atoms with Crippen molar-refractivity contribution in [1.82, 2.24) is 0 Å². The first-order chi connectivity index (χ1) is 2.93. The number of hydrogen-bond acceptors (Lipinski definition) is 0. The summed E-state index contributed by atoms with van der Waals surface area (Å²) in [7, 11) is 0. The molecule has 36 valence electrons. The third kappa shape index (κ3) is 1.17. The Hall–Kier alpha value is 0.290. The van der Waals surface area contributed by atoms with Crippen LogP contribution in [-0.2, 0) is 0 Å². The van der Waals surface area contributed by atoms with Crippen molar-refractivity contribution in [1.29, 1.82) is 0 Å². The minimum Gasteiger partial charge on any atom is -0.127 e. The third-order valence-corrected chi connectivity index (χ3v) is 1.43. The Morgan fingerprint density at radius 2 is 2.17 bits per heavy atom. The summed E-state index contributed by atoms with van der Waals surface area (Å²) in [5, 5.41) is 0. The van der Waals surface area contributed by atoms with Crippen LogP contribution in [0.25, 0.3) is 0 Å². The van der Waals surface area contributed by atoms with E-state index < -0.39 is 0 Å². The maximum Gasteiger partial charge on any atom is 0.0226 e. The fraction of sp³-hybridized carbons (Fsp3) is 1.00. The zero-order valence-electron chi connectivity index (χ0n) is 3.78. The predicted molar refractivity (Wildman–Crippen MR) is 28.1 cm³/mol. The first kappa shape index (κ1) is 4.45. The maximum absolute atomic E-state index is 5.44. The number of rotatable bonds is 2. The maximum atomic E-state index is 5.44. The van der Waals surface area contributed by atoms with Crippen molar-refractivity contribution in [3.8, 4) is 0 Å². The molecule has 0 atom stereocenters. The van der Waals surface area contributed by atoms with Crippen LogP contribution in [0, 0.1) is 5.92 Å². The van der Waals surface area contributed by atoms with E-state index in [4.69, 9.17) is 11.6 Å². The molecule has 0 bridgehead atoms. The first-order valence-corrected chi connectivity index (χ1v) is 3.03. The van der Waals surface area contributed by atoms with Gasteiger partial charge in [0, 0.05) is 5.88 Å². The van der Waals surface area contributed by atoms with Crippen molar-refractivity contribution >= 4 is 11.6 Å². The highest BCUT2D eigenvalue weighted by Crippen LogP contribution is 2.32. The molecular formula is C5H9Cl. The van der Waals surface area contributed by atoms with E-state index in [2.05, 4.69) is 0 Å². The summed E-state index contributed by atoms with van der Waals surface area (Å²) >= 11 is 5.44. The lowest BCUT2D eigenvalue weighted by Crippen LogP contribution is -1.73. The van der Waals surface area contributed by atoms with E-state index in [0.717, 1.165) is 11.8 Å². The lowest BCUT2D eigenvalue weighted by molar-refractivity contribution is 0.805. The standard InChI is InChI=1S/C5H9Cl/c6-4-3-5-1-2-5/h5H,1-4H2. The highest BCUT2D eigenvalue weighted by atomic mass is 35.5. The van der Waals surface area contributed by atoms with Gasteiger partial charge in [0.25, 0.3) is 0 Å². The third-order valence-electron chi connectivity index (χ3n) is 1.21. The van der Waals surface area contributed by atoms with Gasteiger partial charge in [-0.3, -0.25) is 0 Å². The molecule has 0 heterocycles. The van der Waals surface area contributed by atoms with Crippen LogP contribution in [0.1, 0.15) is 19.3 Å². The molecule has 1 rings (SSSR count). The van der Waals surface area contributed by atoms with Gasteiger partial charge in [0.1, 0.15) is 0 Å². The summed E-state index contributed by atoms with van der Waals surface area (Å²) in [5.41, 5.74) is 0. The highest BCUT2D eigenvalue weighted by molar-refractivity contribution is 6.17. The summed E-state index contributed by atoms with van der Waals surface area (Å²) in [6, 6.07) is 0. The van der Waals surface area contributed by atoms with Crippen molar-refractivity contribution in [2.24, 2.45) is 5.92 Å². The summed E-state index contributed by atoms with van der Waals surface area (Å²) in [4.78, 5) is 0. The normalized spacial score (nSPS) is 21.5. The van der Waals surface area contributed by atoms with E-state index in [9.17, 15) is 0 Å². The van der Waals surface area contributed by atoms with Gasteiger partial charge in [0.2, 0.25) is 0 Å². The number of halogens is 1. The molecule has 1 fully saturated rings. The molecule has 0 N–H and O–H groups in total. The fourth-order valence-corrected chi connectivity index (χ4v) is 0.869. The average Bonchev–Trinajstić information content (AvgIpc) is 2.21. The minimum absolute atomic E-state index is 0.866. The summed E-state index contributed by atoms with van der Waals surface area (Å²) in [6.07, 6.45) is 4.13. The molecule has 0 amide bonds. The van der Waals surface area contributed by atoms with Crippen LogP contribution in [0.3, 0.4) is 0 Å². The molecule has 1 heteroatoms. The zero-order chi connectivity index (χ0) is 4.41. The molecule has 0 unspecified atom stereocenters. The van der Waals surface area contributed by atoms with Crippen molar-refractivity contribution in [2.75, 3.05) is 5.88 Å². The van der Waals surface area contributed by atoms with E-state index in [1.807, 2.05) is 0 Å². The van der Waals surface area contributed by atoms with Gasteiger partial charge in [-0.15, -0.1) is 11.6 Å². The van der Waals surface area contributed by atoms with Gasteiger partial charge in [-0.1, -0.05) is 12.8 Å². The van der Waals surface area contributed by atoms with E-state index in [-0.39, 0.29) is 0 Å². The molecule has 1 saturated carbocycles. The summed E-state index contributed by atoms with van der Waals surface area (Å²) < 4.78 is 0. The van der Waals surface area contributed by atoms with E-state index in [1.54, 1.807) is 0 Å². The molecule has 0 spiro atoms. The molecule has 1 aliphatic carbocycles. The van der Waals surface area contributed by atoms with Crippen LogP contribution >= 0.6 is 11.6 Å². The highest BCUT2D eigenvalue weighted by Gasteiger charge is 2.19. The quantitative estimate of drug-likeness (QED) is 0.471. The molecule has 0 radical (unpaired) electrons. The van der Waals surface area contributed by atoms with Crippen LogP contribution in [0.15, 0.2) is 0 Å². The van der Waals surface area contributed by atoms with Crippen LogP contribution in [-0.4, -0.2) is 5.88 Å². The predicted octanol–water partition coefficient (Wildman–Crippen LogP) is 2.03. The average molecular weight is 105 g/mol. The van der Waals surface area contributed by atoms with Gasteiger partial charge in [-0.05, 0) is 12.3 Å². The Kier molecular flexibility index (Phi) is 1.36. The monoisotopic (exact) mass is 104 g/mol. The van der Waals surface area contributed by atoms with Gasteiger partial charge < -0.3 is 0 Å². The van der Waals surface area contributed by atoms with Gasteiger partial charge in [0.05, 0.1) is 0 Å². The van der Waals surface area contributed by atoms with Gasteiger partial charge in [0.15, 0.2) is 0 Å². The molecule has 0 aromatic heterocycles. The summed E-state index contributed by atoms with van der Waals surface area (Å²) in [5.74, 6) is 1.88. The SMILES string of the molecule is ClCCC1CC1. The molecule has 0 aliphatic heterocycles. The Labute approximate surface area is 43.5 Å².